The van der Waals surface area contributed by atoms with E-state index in [-0.39, 0.29) is 28.7 Å². The van der Waals surface area contributed by atoms with Crippen molar-refractivity contribution in [1.29, 1.82) is 0 Å². The Morgan fingerprint density at radius 2 is 2.17 bits per heavy atom. The molecule has 1 fully saturated rings. The van der Waals surface area contributed by atoms with E-state index in [0.717, 1.165) is 15.8 Å². The van der Waals surface area contributed by atoms with Crippen LogP contribution in [-0.4, -0.2) is 53.4 Å². The molecule has 2 heterocycles. The third-order valence-corrected chi connectivity index (χ3v) is 8.32. The molecule has 0 aliphatic carbocycles. The van der Waals surface area contributed by atoms with Gasteiger partial charge in [-0.2, -0.15) is 0 Å². The predicted molar refractivity (Wildman–Crippen MR) is 102 cm³/mol. The van der Waals surface area contributed by atoms with Crippen LogP contribution in [0.1, 0.15) is 18.9 Å². The minimum absolute atomic E-state index is 0.0377. The molecular formula is C16H20N2O3S3. The molecule has 1 aromatic carbocycles. The maximum atomic E-state index is 12.6. The first kappa shape index (κ1) is 17.8. The van der Waals surface area contributed by atoms with Crippen molar-refractivity contribution < 1.29 is 13.2 Å². The lowest BCUT2D eigenvalue weighted by molar-refractivity contribution is -0.130. The number of aliphatic imine (C=N–C) groups is 1. The number of benzene rings is 1. The zero-order chi connectivity index (χ0) is 17.3. The first-order chi connectivity index (χ1) is 11.4. The van der Waals surface area contributed by atoms with Gasteiger partial charge in [-0.1, -0.05) is 41.7 Å². The molecule has 0 saturated carbocycles. The molecular weight excluding hydrogens is 364 g/mol. The van der Waals surface area contributed by atoms with E-state index in [1.165, 1.54) is 17.3 Å². The highest BCUT2D eigenvalue weighted by atomic mass is 32.2. The van der Waals surface area contributed by atoms with Gasteiger partial charge >= 0.3 is 0 Å². The summed E-state index contributed by atoms with van der Waals surface area (Å²) in [5.41, 5.74) is 2.17. The fourth-order valence-electron chi connectivity index (χ4n) is 2.82. The second-order valence-corrected chi connectivity index (χ2v) is 10.8. The zero-order valence-electron chi connectivity index (χ0n) is 13.6. The van der Waals surface area contributed by atoms with Gasteiger partial charge in [-0.05, 0) is 25.0 Å². The first-order valence-corrected chi connectivity index (χ1v) is 11.5. The predicted octanol–water partition coefficient (Wildman–Crippen LogP) is 2.69. The largest absolute Gasteiger partial charge is 0.341 e. The lowest BCUT2D eigenvalue weighted by Gasteiger charge is -2.26. The van der Waals surface area contributed by atoms with E-state index in [1.807, 2.05) is 25.1 Å². The van der Waals surface area contributed by atoms with E-state index in [1.54, 1.807) is 23.7 Å². The summed E-state index contributed by atoms with van der Waals surface area (Å²) in [6.07, 6.45) is 0.533. The van der Waals surface area contributed by atoms with Gasteiger partial charge < -0.3 is 4.90 Å². The summed E-state index contributed by atoms with van der Waals surface area (Å²) >= 11 is 3.09. The van der Waals surface area contributed by atoms with Gasteiger partial charge in [-0.25, -0.2) is 13.4 Å². The van der Waals surface area contributed by atoms with Crippen LogP contribution in [0.4, 0.5) is 5.69 Å². The minimum atomic E-state index is -2.99. The Balaban J connectivity index is 1.64. The van der Waals surface area contributed by atoms with Gasteiger partial charge in [0.05, 0.1) is 22.4 Å². The monoisotopic (exact) mass is 384 g/mol. The quantitative estimate of drug-likeness (QED) is 0.802. The second-order valence-electron chi connectivity index (χ2n) is 6.06. The van der Waals surface area contributed by atoms with Crippen LogP contribution in [-0.2, 0) is 20.4 Å². The summed E-state index contributed by atoms with van der Waals surface area (Å²) in [5, 5.41) is -0.283. The Hall–Kier alpha value is -0.990. The maximum Gasteiger partial charge on any atom is 0.235 e. The molecule has 0 N–H and O–H groups in total. The first-order valence-electron chi connectivity index (χ1n) is 7.79. The standard InChI is InChI=1S/C16H20N2O3S3/c1-11(15(19)18(2)13-7-8-24(20,21)10-13)23-16-17-14-6-4-3-5-12(14)9-22-16/h3-6,11,13H,7-10H2,1-2H3/t11-,13-/m1/s1. The summed E-state index contributed by atoms with van der Waals surface area (Å²) in [5.74, 6) is 1.08. The Morgan fingerprint density at radius 3 is 2.88 bits per heavy atom. The molecule has 0 unspecified atom stereocenters. The summed E-state index contributed by atoms with van der Waals surface area (Å²) in [4.78, 5) is 18.8. The summed E-state index contributed by atoms with van der Waals surface area (Å²) < 4.78 is 24.1. The molecule has 0 spiro atoms. The van der Waals surface area contributed by atoms with Crippen LogP contribution in [0.25, 0.3) is 0 Å². The number of carbonyl (C=O) groups is 1. The second kappa shape index (κ2) is 7.09. The Labute approximate surface area is 151 Å². The molecule has 0 radical (unpaired) electrons. The van der Waals surface area contributed by atoms with Crippen molar-refractivity contribution in [3.63, 3.8) is 0 Å². The van der Waals surface area contributed by atoms with Crippen molar-refractivity contribution in [3.8, 4) is 0 Å². The molecule has 8 heteroatoms. The van der Waals surface area contributed by atoms with Gasteiger partial charge in [-0.15, -0.1) is 0 Å². The van der Waals surface area contributed by atoms with Gasteiger partial charge in [0.15, 0.2) is 9.84 Å². The van der Waals surface area contributed by atoms with E-state index in [0.29, 0.717) is 6.42 Å². The number of hydrogen-bond acceptors (Lipinski definition) is 6. The van der Waals surface area contributed by atoms with Crippen LogP contribution >= 0.6 is 23.5 Å². The number of sulfone groups is 1. The zero-order valence-corrected chi connectivity index (χ0v) is 16.1. The lowest BCUT2D eigenvalue weighted by atomic mass is 10.2. The number of carbonyl (C=O) groups excluding carboxylic acids is 1. The third-order valence-electron chi connectivity index (χ3n) is 4.28. The molecule has 0 bridgehead atoms. The third kappa shape index (κ3) is 3.97. The molecule has 2 aliphatic rings. The van der Waals surface area contributed by atoms with Crippen LogP contribution < -0.4 is 0 Å². The van der Waals surface area contributed by atoms with Gasteiger partial charge in [0.1, 0.15) is 4.38 Å². The van der Waals surface area contributed by atoms with Crippen LogP contribution in [0.15, 0.2) is 29.3 Å². The highest BCUT2D eigenvalue weighted by molar-refractivity contribution is 8.39. The topological polar surface area (TPSA) is 66.8 Å². The normalized spacial score (nSPS) is 23.2. The molecule has 24 heavy (non-hydrogen) atoms. The van der Waals surface area contributed by atoms with Crippen LogP contribution in [0, 0.1) is 0 Å². The van der Waals surface area contributed by atoms with Crippen LogP contribution in [0.5, 0.6) is 0 Å². The van der Waals surface area contributed by atoms with Crippen molar-refractivity contribution in [2.45, 2.75) is 30.4 Å². The number of nitrogens with zero attached hydrogens (tertiary/aromatic N) is 2. The lowest BCUT2D eigenvalue weighted by Crippen LogP contribution is -2.42. The average Bonchev–Trinajstić information content (AvgIpc) is 2.93. The van der Waals surface area contributed by atoms with E-state index in [2.05, 4.69) is 11.1 Å². The number of hydrogen-bond donors (Lipinski definition) is 0. The molecule has 0 aromatic heterocycles. The minimum Gasteiger partial charge on any atom is -0.341 e. The highest BCUT2D eigenvalue weighted by Crippen LogP contribution is 2.36. The number of rotatable bonds is 3. The van der Waals surface area contributed by atoms with E-state index in [9.17, 15) is 13.2 Å². The van der Waals surface area contributed by atoms with Crippen molar-refractivity contribution in [1.82, 2.24) is 4.90 Å². The van der Waals surface area contributed by atoms with Gasteiger partial charge in [-0.3, -0.25) is 4.79 Å². The van der Waals surface area contributed by atoms with Crippen molar-refractivity contribution in [2.75, 3.05) is 18.6 Å². The number of thioether (sulfide) groups is 2. The Morgan fingerprint density at radius 1 is 1.42 bits per heavy atom. The molecule has 1 amide bonds. The summed E-state index contributed by atoms with van der Waals surface area (Å²) in [7, 11) is -1.28. The molecule has 1 aromatic rings. The van der Waals surface area contributed by atoms with Crippen LogP contribution in [0.2, 0.25) is 0 Å². The molecule has 2 atom stereocenters. The number of para-hydroxylation sites is 1. The fraction of sp³-hybridized carbons (Fsp3) is 0.500. The average molecular weight is 385 g/mol. The number of fused-ring (bicyclic) bond motifs is 1. The highest BCUT2D eigenvalue weighted by Gasteiger charge is 2.34. The molecule has 5 nitrogen and oxygen atoms in total. The Bertz CT molecular complexity index is 777. The Kier molecular flexibility index (Phi) is 5.27. The van der Waals surface area contributed by atoms with E-state index >= 15 is 0 Å². The summed E-state index contributed by atoms with van der Waals surface area (Å²) in [6, 6.07) is 7.81. The van der Waals surface area contributed by atoms with Crippen molar-refractivity contribution in [3.05, 3.63) is 29.8 Å². The molecule has 1 saturated heterocycles. The van der Waals surface area contributed by atoms with Gasteiger partial charge in [0.25, 0.3) is 0 Å². The van der Waals surface area contributed by atoms with Crippen molar-refractivity contribution in [2.24, 2.45) is 4.99 Å². The maximum absolute atomic E-state index is 12.6. The number of amides is 1. The molecule has 130 valence electrons. The smallest absolute Gasteiger partial charge is 0.235 e. The molecule has 2 aliphatic heterocycles. The van der Waals surface area contributed by atoms with Crippen molar-refractivity contribution >= 4 is 49.3 Å². The van der Waals surface area contributed by atoms with E-state index < -0.39 is 9.84 Å². The van der Waals surface area contributed by atoms with Gasteiger partial charge in [0, 0.05) is 18.8 Å². The molecule has 3 rings (SSSR count). The fourth-order valence-corrected chi connectivity index (χ4v) is 6.88. The summed E-state index contributed by atoms with van der Waals surface area (Å²) in [6.45, 7) is 1.86. The van der Waals surface area contributed by atoms with E-state index in [4.69, 9.17) is 0 Å². The van der Waals surface area contributed by atoms with Gasteiger partial charge in [0.2, 0.25) is 5.91 Å². The van der Waals surface area contributed by atoms with Crippen LogP contribution in [0.3, 0.4) is 0 Å². The SMILES string of the molecule is C[C@@H](SC1=Nc2ccccc2CS1)C(=O)N(C)[C@@H]1CCS(=O)(=O)C1.